The normalized spacial score (nSPS) is 10.7. The Bertz CT molecular complexity index is 920. The SMILES string of the molecule is CCc1ccc(NC(=O)c2ccnc(Nc3ccccc3C(C)C)n2)cc1. The summed E-state index contributed by atoms with van der Waals surface area (Å²) in [5.41, 5.74) is 4.40. The van der Waals surface area contributed by atoms with Crippen LogP contribution in [0.4, 0.5) is 17.3 Å². The highest BCUT2D eigenvalue weighted by molar-refractivity contribution is 6.03. The molecule has 0 atom stereocenters. The van der Waals surface area contributed by atoms with Gasteiger partial charge in [0.15, 0.2) is 0 Å². The van der Waals surface area contributed by atoms with E-state index in [1.54, 1.807) is 12.3 Å². The van der Waals surface area contributed by atoms with Gasteiger partial charge in [-0.25, -0.2) is 9.97 Å². The first-order valence-corrected chi connectivity index (χ1v) is 9.16. The van der Waals surface area contributed by atoms with Gasteiger partial charge < -0.3 is 10.6 Å². The van der Waals surface area contributed by atoms with Gasteiger partial charge in [-0.05, 0) is 47.7 Å². The molecule has 138 valence electrons. The van der Waals surface area contributed by atoms with Crippen LogP contribution in [-0.4, -0.2) is 15.9 Å². The van der Waals surface area contributed by atoms with E-state index >= 15 is 0 Å². The first-order chi connectivity index (χ1) is 13.1. The molecule has 1 heterocycles. The molecule has 1 aromatic heterocycles. The minimum absolute atomic E-state index is 0.262. The Balaban J connectivity index is 1.76. The fourth-order valence-corrected chi connectivity index (χ4v) is 2.80. The van der Waals surface area contributed by atoms with Crippen LogP contribution in [0, 0.1) is 0 Å². The number of carbonyl (C=O) groups is 1. The van der Waals surface area contributed by atoms with Gasteiger partial charge in [0.2, 0.25) is 5.95 Å². The summed E-state index contributed by atoms with van der Waals surface area (Å²) >= 11 is 0. The van der Waals surface area contributed by atoms with Crippen LogP contribution >= 0.6 is 0 Å². The van der Waals surface area contributed by atoms with E-state index in [1.165, 1.54) is 11.1 Å². The lowest BCUT2D eigenvalue weighted by molar-refractivity contribution is 0.102. The third-order valence-electron chi connectivity index (χ3n) is 4.34. The smallest absolute Gasteiger partial charge is 0.274 e. The number of amides is 1. The van der Waals surface area contributed by atoms with Crippen LogP contribution in [0.25, 0.3) is 0 Å². The van der Waals surface area contributed by atoms with Crippen molar-refractivity contribution in [2.24, 2.45) is 0 Å². The molecule has 0 fully saturated rings. The number of anilines is 3. The summed E-state index contributed by atoms with van der Waals surface area (Å²) in [4.78, 5) is 21.1. The number of nitrogens with zero attached hydrogens (tertiary/aromatic N) is 2. The second kappa shape index (κ2) is 8.45. The van der Waals surface area contributed by atoms with Crippen molar-refractivity contribution >= 4 is 23.2 Å². The molecule has 1 amide bonds. The molecule has 0 aliphatic heterocycles. The van der Waals surface area contributed by atoms with Gasteiger partial charge in [-0.2, -0.15) is 0 Å². The van der Waals surface area contributed by atoms with Crippen LogP contribution in [0.5, 0.6) is 0 Å². The number of nitrogens with one attached hydrogen (secondary N) is 2. The quantitative estimate of drug-likeness (QED) is 0.637. The number of hydrogen-bond acceptors (Lipinski definition) is 4. The van der Waals surface area contributed by atoms with Gasteiger partial charge in [-0.1, -0.05) is 51.1 Å². The Morgan fingerprint density at radius 2 is 1.78 bits per heavy atom. The van der Waals surface area contributed by atoms with Gasteiger partial charge in [0.1, 0.15) is 5.69 Å². The van der Waals surface area contributed by atoms with E-state index in [9.17, 15) is 4.79 Å². The summed E-state index contributed by atoms with van der Waals surface area (Å²) in [5, 5.41) is 6.10. The summed E-state index contributed by atoms with van der Waals surface area (Å²) < 4.78 is 0. The van der Waals surface area contributed by atoms with Crippen LogP contribution in [-0.2, 0) is 6.42 Å². The molecule has 0 bridgehead atoms. The molecule has 27 heavy (non-hydrogen) atoms. The van der Waals surface area contributed by atoms with E-state index in [4.69, 9.17) is 0 Å². The third-order valence-corrected chi connectivity index (χ3v) is 4.34. The van der Waals surface area contributed by atoms with Gasteiger partial charge in [-0.3, -0.25) is 4.79 Å². The lowest BCUT2D eigenvalue weighted by Crippen LogP contribution is -2.15. The summed E-state index contributed by atoms with van der Waals surface area (Å²) in [7, 11) is 0. The second-order valence-electron chi connectivity index (χ2n) is 6.64. The average molecular weight is 360 g/mol. The maximum atomic E-state index is 12.5. The van der Waals surface area contributed by atoms with Crippen molar-refractivity contribution in [1.82, 2.24) is 9.97 Å². The molecular formula is C22H24N4O. The van der Waals surface area contributed by atoms with Gasteiger partial charge >= 0.3 is 0 Å². The maximum Gasteiger partial charge on any atom is 0.274 e. The summed E-state index contributed by atoms with van der Waals surface area (Å²) in [6.45, 7) is 6.37. The van der Waals surface area contributed by atoms with Crippen molar-refractivity contribution < 1.29 is 4.79 Å². The van der Waals surface area contributed by atoms with Gasteiger partial charge in [0, 0.05) is 17.6 Å². The molecule has 5 nitrogen and oxygen atoms in total. The van der Waals surface area contributed by atoms with Crippen molar-refractivity contribution in [2.45, 2.75) is 33.1 Å². The number of rotatable bonds is 6. The maximum absolute atomic E-state index is 12.5. The van der Waals surface area contributed by atoms with Gasteiger partial charge in [-0.15, -0.1) is 0 Å². The first-order valence-electron chi connectivity index (χ1n) is 9.16. The number of aromatic nitrogens is 2. The van der Waals surface area contributed by atoms with E-state index < -0.39 is 0 Å². The number of aryl methyl sites for hydroxylation is 1. The highest BCUT2D eigenvalue weighted by Gasteiger charge is 2.11. The van der Waals surface area contributed by atoms with Crippen LogP contribution in [0.3, 0.4) is 0 Å². The Morgan fingerprint density at radius 3 is 2.48 bits per heavy atom. The number of carbonyl (C=O) groups excluding carboxylic acids is 1. The number of hydrogen-bond donors (Lipinski definition) is 2. The Hall–Kier alpha value is -3.21. The summed E-state index contributed by atoms with van der Waals surface area (Å²) in [5.74, 6) is 0.505. The van der Waals surface area contributed by atoms with E-state index in [0.717, 1.165) is 17.8 Å². The standard InChI is InChI=1S/C22H24N4O/c1-4-16-9-11-17(12-10-16)24-21(27)20-13-14-23-22(26-20)25-19-8-6-5-7-18(19)15(2)3/h5-15H,4H2,1-3H3,(H,24,27)(H,23,25,26). The zero-order valence-corrected chi connectivity index (χ0v) is 15.9. The monoisotopic (exact) mass is 360 g/mol. The number of para-hydroxylation sites is 1. The predicted molar refractivity (Wildman–Crippen MR) is 110 cm³/mol. The highest BCUT2D eigenvalue weighted by atomic mass is 16.1. The lowest BCUT2D eigenvalue weighted by Gasteiger charge is -2.13. The fourth-order valence-electron chi connectivity index (χ4n) is 2.80. The summed E-state index contributed by atoms with van der Waals surface area (Å²) in [6, 6.07) is 17.4. The summed E-state index contributed by atoms with van der Waals surface area (Å²) in [6.07, 6.45) is 2.55. The van der Waals surface area contributed by atoms with E-state index in [0.29, 0.717) is 17.6 Å². The highest BCUT2D eigenvalue weighted by Crippen LogP contribution is 2.25. The first kappa shape index (κ1) is 18.6. The van der Waals surface area contributed by atoms with E-state index in [-0.39, 0.29) is 5.91 Å². The Morgan fingerprint density at radius 1 is 1.04 bits per heavy atom. The molecule has 2 N–H and O–H groups in total. The molecule has 0 saturated heterocycles. The van der Waals surface area contributed by atoms with Crippen LogP contribution in [0.1, 0.15) is 48.3 Å². The molecule has 2 aromatic carbocycles. The zero-order valence-electron chi connectivity index (χ0n) is 15.9. The molecule has 0 spiro atoms. The molecular weight excluding hydrogens is 336 g/mol. The third kappa shape index (κ3) is 4.70. The van der Waals surface area contributed by atoms with Gasteiger partial charge in [0.05, 0.1) is 0 Å². The number of benzene rings is 2. The van der Waals surface area contributed by atoms with Gasteiger partial charge in [0.25, 0.3) is 5.91 Å². The van der Waals surface area contributed by atoms with Crippen molar-refractivity contribution in [2.75, 3.05) is 10.6 Å². The molecule has 3 rings (SSSR count). The average Bonchev–Trinajstić information content (AvgIpc) is 2.69. The van der Waals surface area contributed by atoms with E-state index in [1.807, 2.05) is 42.5 Å². The van der Waals surface area contributed by atoms with E-state index in [2.05, 4.69) is 47.4 Å². The Labute approximate surface area is 159 Å². The molecule has 0 unspecified atom stereocenters. The van der Waals surface area contributed by atoms with Crippen molar-refractivity contribution in [3.63, 3.8) is 0 Å². The molecule has 0 aliphatic rings. The van der Waals surface area contributed by atoms with Crippen molar-refractivity contribution in [1.29, 1.82) is 0 Å². The second-order valence-corrected chi connectivity index (χ2v) is 6.64. The van der Waals surface area contributed by atoms with Crippen molar-refractivity contribution in [3.8, 4) is 0 Å². The molecule has 3 aromatic rings. The largest absolute Gasteiger partial charge is 0.324 e. The topological polar surface area (TPSA) is 66.9 Å². The molecule has 0 saturated carbocycles. The Kier molecular flexibility index (Phi) is 5.81. The van der Waals surface area contributed by atoms with Crippen LogP contribution in [0.2, 0.25) is 0 Å². The predicted octanol–water partition coefficient (Wildman–Crippen LogP) is 5.16. The van der Waals surface area contributed by atoms with Crippen LogP contribution < -0.4 is 10.6 Å². The van der Waals surface area contributed by atoms with Crippen LogP contribution in [0.15, 0.2) is 60.8 Å². The minimum Gasteiger partial charge on any atom is -0.324 e. The zero-order chi connectivity index (χ0) is 19.2. The van der Waals surface area contributed by atoms with Crippen molar-refractivity contribution in [3.05, 3.63) is 77.6 Å². The molecule has 0 aliphatic carbocycles. The molecule has 5 heteroatoms. The lowest BCUT2D eigenvalue weighted by atomic mass is 10.0. The minimum atomic E-state index is -0.262. The molecule has 0 radical (unpaired) electrons. The fraction of sp³-hybridized carbons (Fsp3) is 0.227.